The lowest BCUT2D eigenvalue weighted by Gasteiger charge is -2.26. The van der Waals surface area contributed by atoms with E-state index in [1.807, 2.05) is 13.8 Å². The standard InChI is InChI=1S/C11H23F3N2O/c1-3-6-10(17-4-2)9(16-15)7-5-8-11(12,13)14/h9-10,16H,3-8,15H2,1-2H3. The molecule has 3 N–H and O–H groups in total. The number of rotatable bonds is 9. The monoisotopic (exact) mass is 256 g/mol. The fraction of sp³-hybridized carbons (Fsp3) is 1.00. The number of hydrazine groups is 1. The molecule has 0 aliphatic carbocycles. The Morgan fingerprint density at radius 3 is 2.29 bits per heavy atom. The van der Waals surface area contributed by atoms with Gasteiger partial charge in [-0.2, -0.15) is 13.2 Å². The number of halogens is 3. The van der Waals surface area contributed by atoms with E-state index in [1.165, 1.54) is 0 Å². The van der Waals surface area contributed by atoms with Gasteiger partial charge in [0.05, 0.1) is 6.10 Å². The zero-order valence-corrected chi connectivity index (χ0v) is 10.5. The minimum Gasteiger partial charge on any atom is -0.377 e. The second kappa shape index (κ2) is 8.72. The summed E-state index contributed by atoms with van der Waals surface area (Å²) in [5.41, 5.74) is 2.57. The maximum Gasteiger partial charge on any atom is 0.389 e. The van der Waals surface area contributed by atoms with Gasteiger partial charge in [-0.15, -0.1) is 0 Å². The van der Waals surface area contributed by atoms with Crippen molar-refractivity contribution in [1.82, 2.24) is 5.43 Å². The minimum absolute atomic E-state index is 0.0751. The number of alkyl halides is 3. The van der Waals surface area contributed by atoms with Gasteiger partial charge in [0.15, 0.2) is 0 Å². The van der Waals surface area contributed by atoms with Gasteiger partial charge in [0.2, 0.25) is 0 Å². The van der Waals surface area contributed by atoms with Gasteiger partial charge in [-0.25, -0.2) is 0 Å². The molecule has 2 atom stereocenters. The topological polar surface area (TPSA) is 47.3 Å². The van der Waals surface area contributed by atoms with Crippen LogP contribution in [0.3, 0.4) is 0 Å². The minimum atomic E-state index is -4.09. The molecule has 0 aliphatic rings. The zero-order chi connectivity index (χ0) is 13.3. The van der Waals surface area contributed by atoms with Crippen molar-refractivity contribution in [1.29, 1.82) is 0 Å². The van der Waals surface area contributed by atoms with Crippen molar-refractivity contribution in [3.63, 3.8) is 0 Å². The summed E-state index contributed by atoms with van der Waals surface area (Å²) in [5.74, 6) is 5.37. The Balaban J connectivity index is 4.08. The highest BCUT2D eigenvalue weighted by Gasteiger charge is 2.28. The first kappa shape index (κ1) is 16.7. The fourth-order valence-electron chi connectivity index (χ4n) is 1.80. The predicted octanol–water partition coefficient (Wildman–Crippen LogP) is 2.76. The Morgan fingerprint density at radius 2 is 1.88 bits per heavy atom. The molecule has 0 aromatic carbocycles. The van der Waals surface area contributed by atoms with Gasteiger partial charge in [-0.1, -0.05) is 13.3 Å². The molecule has 0 heterocycles. The molecule has 0 aromatic rings. The van der Waals surface area contributed by atoms with E-state index in [1.54, 1.807) is 0 Å². The van der Waals surface area contributed by atoms with Gasteiger partial charge in [-0.3, -0.25) is 11.3 Å². The molecular weight excluding hydrogens is 233 g/mol. The summed E-state index contributed by atoms with van der Waals surface area (Å²) in [4.78, 5) is 0. The van der Waals surface area contributed by atoms with Crippen LogP contribution in [0.2, 0.25) is 0 Å². The third-order valence-electron chi connectivity index (χ3n) is 2.59. The van der Waals surface area contributed by atoms with Crippen LogP contribution in [0, 0.1) is 0 Å². The first-order valence-corrected chi connectivity index (χ1v) is 6.09. The Hall–Kier alpha value is -0.330. The van der Waals surface area contributed by atoms with Crippen molar-refractivity contribution in [2.24, 2.45) is 5.84 Å². The highest BCUT2D eigenvalue weighted by Crippen LogP contribution is 2.23. The average molecular weight is 256 g/mol. The largest absolute Gasteiger partial charge is 0.389 e. The first-order valence-electron chi connectivity index (χ1n) is 6.09. The third kappa shape index (κ3) is 8.40. The Bertz CT molecular complexity index is 182. The molecule has 2 unspecified atom stereocenters. The third-order valence-corrected chi connectivity index (χ3v) is 2.59. The van der Waals surface area contributed by atoms with E-state index in [0.717, 1.165) is 12.8 Å². The van der Waals surface area contributed by atoms with Crippen molar-refractivity contribution in [2.75, 3.05) is 6.61 Å². The van der Waals surface area contributed by atoms with Crippen molar-refractivity contribution in [3.05, 3.63) is 0 Å². The van der Waals surface area contributed by atoms with E-state index in [0.29, 0.717) is 13.0 Å². The molecule has 104 valence electrons. The fourth-order valence-corrected chi connectivity index (χ4v) is 1.80. The molecule has 0 fully saturated rings. The molecule has 0 radical (unpaired) electrons. The smallest absolute Gasteiger partial charge is 0.377 e. The van der Waals surface area contributed by atoms with E-state index in [4.69, 9.17) is 10.6 Å². The molecule has 0 saturated carbocycles. The van der Waals surface area contributed by atoms with Gasteiger partial charge in [0.1, 0.15) is 0 Å². The van der Waals surface area contributed by atoms with Crippen molar-refractivity contribution >= 4 is 0 Å². The summed E-state index contributed by atoms with van der Waals surface area (Å²) in [7, 11) is 0. The maximum atomic E-state index is 12.0. The normalized spacial score (nSPS) is 15.9. The van der Waals surface area contributed by atoms with E-state index in [9.17, 15) is 13.2 Å². The van der Waals surface area contributed by atoms with Gasteiger partial charge in [-0.05, 0) is 26.2 Å². The molecule has 3 nitrogen and oxygen atoms in total. The number of nitrogens with one attached hydrogen (secondary N) is 1. The summed E-state index contributed by atoms with van der Waals surface area (Å²) in [5, 5.41) is 0. The number of hydrogen-bond donors (Lipinski definition) is 2. The van der Waals surface area contributed by atoms with Crippen LogP contribution in [0.4, 0.5) is 13.2 Å². The Kier molecular flexibility index (Phi) is 8.55. The summed E-state index contributed by atoms with van der Waals surface area (Å²) >= 11 is 0. The van der Waals surface area contributed by atoms with Gasteiger partial charge in [0, 0.05) is 19.1 Å². The van der Waals surface area contributed by atoms with Crippen LogP contribution in [0.1, 0.15) is 46.0 Å². The number of ether oxygens (including phenoxy) is 1. The van der Waals surface area contributed by atoms with E-state index < -0.39 is 12.6 Å². The number of hydrogen-bond acceptors (Lipinski definition) is 3. The van der Waals surface area contributed by atoms with Crippen molar-refractivity contribution in [3.8, 4) is 0 Å². The lowest BCUT2D eigenvalue weighted by Crippen LogP contribution is -2.45. The molecule has 0 bridgehead atoms. The Morgan fingerprint density at radius 1 is 1.24 bits per heavy atom. The molecule has 0 spiro atoms. The summed E-state index contributed by atoms with van der Waals surface area (Å²) < 4.78 is 41.6. The second-order valence-corrected chi connectivity index (χ2v) is 4.06. The van der Waals surface area contributed by atoms with Crippen LogP contribution in [0.25, 0.3) is 0 Å². The predicted molar refractivity (Wildman–Crippen MR) is 61.3 cm³/mol. The molecule has 0 amide bonds. The lowest BCUT2D eigenvalue weighted by atomic mass is 10.0. The van der Waals surface area contributed by atoms with Gasteiger partial charge in [0.25, 0.3) is 0 Å². The van der Waals surface area contributed by atoms with Crippen molar-refractivity contribution < 1.29 is 17.9 Å². The SMILES string of the molecule is CCCC(OCC)C(CCCC(F)(F)F)NN. The van der Waals surface area contributed by atoms with Crippen molar-refractivity contribution in [2.45, 2.75) is 64.3 Å². The quantitative estimate of drug-likeness (QED) is 0.492. The highest BCUT2D eigenvalue weighted by molar-refractivity contribution is 4.75. The number of nitrogens with two attached hydrogens (primary N) is 1. The van der Waals surface area contributed by atoms with Crippen LogP contribution < -0.4 is 11.3 Å². The summed E-state index contributed by atoms with van der Waals surface area (Å²) in [6.45, 7) is 4.42. The van der Waals surface area contributed by atoms with Crippen LogP contribution in [-0.2, 0) is 4.74 Å². The van der Waals surface area contributed by atoms with E-state index >= 15 is 0 Å². The molecule has 6 heteroatoms. The van der Waals surface area contributed by atoms with Crippen LogP contribution in [0.5, 0.6) is 0 Å². The second-order valence-electron chi connectivity index (χ2n) is 4.06. The van der Waals surface area contributed by atoms with Crippen LogP contribution in [-0.4, -0.2) is 24.9 Å². The molecule has 0 aliphatic heterocycles. The highest BCUT2D eigenvalue weighted by atomic mass is 19.4. The molecular formula is C11H23F3N2O. The van der Waals surface area contributed by atoms with E-state index in [-0.39, 0.29) is 18.6 Å². The van der Waals surface area contributed by atoms with Crippen LogP contribution >= 0.6 is 0 Å². The van der Waals surface area contributed by atoms with Gasteiger partial charge < -0.3 is 4.74 Å². The lowest BCUT2D eigenvalue weighted by molar-refractivity contribution is -0.136. The Labute approximate surface area is 101 Å². The summed E-state index contributed by atoms with van der Waals surface area (Å²) in [6.07, 6.45) is -2.80. The molecule has 0 aromatic heterocycles. The average Bonchev–Trinajstić information content (AvgIpc) is 2.23. The summed E-state index contributed by atoms with van der Waals surface area (Å²) in [6, 6.07) is -0.211. The first-order chi connectivity index (χ1) is 7.94. The molecule has 0 rings (SSSR count). The van der Waals surface area contributed by atoms with E-state index in [2.05, 4.69) is 5.43 Å². The van der Waals surface area contributed by atoms with Gasteiger partial charge >= 0.3 is 6.18 Å². The maximum absolute atomic E-state index is 12.0. The van der Waals surface area contributed by atoms with Crippen LogP contribution in [0.15, 0.2) is 0 Å². The zero-order valence-electron chi connectivity index (χ0n) is 10.5. The molecule has 0 saturated heterocycles. The molecule has 17 heavy (non-hydrogen) atoms.